The van der Waals surface area contributed by atoms with Crippen LogP contribution in [0.25, 0.3) is 0 Å². The Morgan fingerprint density at radius 3 is 2.59 bits per heavy atom. The van der Waals surface area contributed by atoms with Gasteiger partial charge in [-0.15, -0.1) is 0 Å². The molecule has 8 nitrogen and oxygen atoms in total. The maximum absolute atomic E-state index is 12.6. The van der Waals surface area contributed by atoms with Crippen LogP contribution in [0.2, 0.25) is 0 Å². The highest BCUT2D eigenvalue weighted by Gasteiger charge is 2.30. The van der Waals surface area contributed by atoms with Crippen LogP contribution in [0.3, 0.4) is 0 Å². The van der Waals surface area contributed by atoms with Crippen LogP contribution in [0.5, 0.6) is 0 Å². The van der Waals surface area contributed by atoms with Crippen molar-refractivity contribution in [2.45, 2.75) is 24.8 Å². The highest BCUT2D eigenvalue weighted by atomic mass is 32.2. The van der Waals surface area contributed by atoms with Crippen LogP contribution in [0.15, 0.2) is 39.8 Å². The first-order valence-corrected chi connectivity index (χ1v) is 10.2. The number of carbonyl (C=O) groups is 1. The van der Waals surface area contributed by atoms with E-state index in [-0.39, 0.29) is 34.8 Å². The van der Waals surface area contributed by atoms with Crippen molar-refractivity contribution in [1.29, 1.82) is 0 Å². The molecule has 0 spiro atoms. The van der Waals surface area contributed by atoms with Crippen molar-refractivity contribution in [3.8, 4) is 0 Å². The number of aryl methyl sites for hydroxylation is 2. The minimum atomic E-state index is -3.85. The lowest BCUT2D eigenvalue weighted by Crippen LogP contribution is -2.51. The predicted molar refractivity (Wildman–Crippen MR) is 99.6 cm³/mol. The van der Waals surface area contributed by atoms with Gasteiger partial charge in [-0.1, -0.05) is 35.5 Å². The van der Waals surface area contributed by atoms with Gasteiger partial charge in [0.1, 0.15) is 10.6 Å². The van der Waals surface area contributed by atoms with E-state index in [4.69, 9.17) is 4.52 Å². The minimum Gasteiger partial charge on any atom is -0.360 e. The third-order valence-electron chi connectivity index (χ3n) is 4.84. The van der Waals surface area contributed by atoms with E-state index in [0.717, 1.165) is 12.1 Å². The Labute approximate surface area is 159 Å². The van der Waals surface area contributed by atoms with Crippen LogP contribution >= 0.6 is 0 Å². The van der Waals surface area contributed by atoms with Gasteiger partial charge < -0.3 is 9.42 Å². The Morgan fingerprint density at radius 2 is 1.96 bits per heavy atom. The summed E-state index contributed by atoms with van der Waals surface area (Å²) in [7, 11) is -1.83. The number of rotatable bonds is 5. The molecule has 0 radical (unpaired) electrons. The second-order valence-electron chi connectivity index (χ2n) is 6.72. The average molecular weight is 392 g/mol. The highest BCUT2D eigenvalue weighted by Crippen LogP contribution is 2.24. The molecule has 0 saturated carbocycles. The SMILES string of the molecule is Cc1noc(C)c1S(=O)(=O)NCC(=O)N1CCN(C)C(c2ccccc2)C1. The van der Waals surface area contributed by atoms with E-state index in [9.17, 15) is 13.2 Å². The fourth-order valence-corrected chi connectivity index (χ4v) is 4.63. The van der Waals surface area contributed by atoms with Gasteiger partial charge in [0.2, 0.25) is 15.9 Å². The average Bonchev–Trinajstić information content (AvgIpc) is 3.00. The molecule has 1 aliphatic rings. The largest absolute Gasteiger partial charge is 0.360 e. The fourth-order valence-electron chi connectivity index (χ4n) is 3.33. The van der Waals surface area contributed by atoms with Crippen molar-refractivity contribution in [2.75, 3.05) is 33.2 Å². The molecule has 1 aromatic carbocycles. The molecule has 1 unspecified atom stereocenters. The van der Waals surface area contributed by atoms with Gasteiger partial charge in [-0.05, 0) is 26.5 Å². The van der Waals surface area contributed by atoms with Crippen molar-refractivity contribution >= 4 is 15.9 Å². The highest BCUT2D eigenvalue weighted by molar-refractivity contribution is 7.89. The first-order chi connectivity index (χ1) is 12.8. The summed E-state index contributed by atoms with van der Waals surface area (Å²) in [5, 5.41) is 3.66. The molecular formula is C18H24N4O4S. The molecule has 0 aliphatic carbocycles. The van der Waals surface area contributed by atoms with E-state index in [2.05, 4.69) is 14.8 Å². The standard InChI is InChI=1S/C18H24N4O4S/c1-13-18(14(2)26-20-13)27(24,25)19-11-17(23)22-10-9-21(3)16(12-22)15-7-5-4-6-8-15/h4-8,16,19H,9-12H2,1-3H3. The Kier molecular flexibility index (Phi) is 5.64. The quantitative estimate of drug-likeness (QED) is 0.818. The molecule has 1 saturated heterocycles. The summed E-state index contributed by atoms with van der Waals surface area (Å²) in [6.07, 6.45) is 0. The van der Waals surface area contributed by atoms with Gasteiger partial charge in [-0.25, -0.2) is 13.1 Å². The number of benzene rings is 1. The van der Waals surface area contributed by atoms with Gasteiger partial charge in [-0.3, -0.25) is 9.69 Å². The molecule has 1 amide bonds. The van der Waals surface area contributed by atoms with Crippen LogP contribution in [0.4, 0.5) is 0 Å². The Hall–Kier alpha value is -2.23. The van der Waals surface area contributed by atoms with Gasteiger partial charge in [0.15, 0.2) is 5.76 Å². The van der Waals surface area contributed by atoms with Crippen molar-refractivity contribution in [1.82, 2.24) is 19.7 Å². The zero-order valence-electron chi connectivity index (χ0n) is 15.7. The Morgan fingerprint density at radius 1 is 1.26 bits per heavy atom. The summed E-state index contributed by atoms with van der Waals surface area (Å²) in [6, 6.07) is 10.1. The van der Waals surface area contributed by atoms with E-state index >= 15 is 0 Å². The van der Waals surface area contributed by atoms with Crippen LogP contribution in [0.1, 0.15) is 23.1 Å². The lowest BCUT2D eigenvalue weighted by atomic mass is 10.0. The van der Waals surface area contributed by atoms with E-state index < -0.39 is 10.0 Å². The summed E-state index contributed by atoms with van der Waals surface area (Å²) in [6.45, 7) is 4.59. The smallest absolute Gasteiger partial charge is 0.246 e. The Balaban J connectivity index is 1.66. The first kappa shape index (κ1) is 19.5. The minimum absolute atomic E-state index is 0.00385. The van der Waals surface area contributed by atoms with E-state index in [0.29, 0.717) is 13.1 Å². The van der Waals surface area contributed by atoms with E-state index in [1.807, 2.05) is 37.4 Å². The first-order valence-electron chi connectivity index (χ1n) is 8.75. The van der Waals surface area contributed by atoms with Crippen molar-refractivity contribution in [2.24, 2.45) is 0 Å². The van der Waals surface area contributed by atoms with Gasteiger partial charge >= 0.3 is 0 Å². The molecule has 27 heavy (non-hydrogen) atoms. The number of nitrogens with one attached hydrogen (secondary N) is 1. The second kappa shape index (κ2) is 7.79. The summed E-state index contributed by atoms with van der Waals surface area (Å²) < 4.78 is 32.2. The van der Waals surface area contributed by atoms with Crippen molar-refractivity contribution in [3.05, 3.63) is 47.3 Å². The normalized spacial score (nSPS) is 18.6. The number of piperazine rings is 1. The zero-order valence-corrected chi connectivity index (χ0v) is 16.5. The maximum atomic E-state index is 12.6. The van der Waals surface area contributed by atoms with Gasteiger partial charge in [0.25, 0.3) is 0 Å². The molecule has 3 rings (SSSR count). The molecule has 2 heterocycles. The molecule has 9 heteroatoms. The molecule has 1 N–H and O–H groups in total. The topological polar surface area (TPSA) is 95.8 Å². The molecule has 2 aromatic rings. The second-order valence-corrected chi connectivity index (χ2v) is 8.43. The van der Waals surface area contributed by atoms with Gasteiger partial charge in [0.05, 0.1) is 12.6 Å². The Bertz CT molecular complexity index is 891. The monoisotopic (exact) mass is 392 g/mol. The molecule has 146 valence electrons. The fraction of sp³-hybridized carbons (Fsp3) is 0.444. The predicted octanol–water partition coefficient (Wildman–Crippen LogP) is 1.09. The third kappa shape index (κ3) is 4.20. The van der Waals surface area contributed by atoms with Gasteiger partial charge in [0, 0.05) is 19.6 Å². The molecule has 1 atom stereocenters. The molecule has 1 aliphatic heterocycles. The molecule has 0 bridgehead atoms. The van der Waals surface area contributed by atoms with Crippen LogP contribution in [-0.2, 0) is 14.8 Å². The molecule has 1 fully saturated rings. The number of hydrogen-bond acceptors (Lipinski definition) is 6. The summed E-state index contributed by atoms with van der Waals surface area (Å²) in [5.41, 5.74) is 1.41. The number of hydrogen-bond donors (Lipinski definition) is 1. The van der Waals surface area contributed by atoms with E-state index in [1.54, 1.807) is 11.8 Å². The van der Waals surface area contributed by atoms with Crippen molar-refractivity contribution < 1.29 is 17.7 Å². The number of likely N-dealkylation sites (N-methyl/N-ethyl adjacent to an activating group) is 1. The number of nitrogens with zero attached hydrogens (tertiary/aromatic N) is 3. The van der Waals surface area contributed by atoms with E-state index in [1.165, 1.54) is 6.92 Å². The van der Waals surface area contributed by atoms with Crippen LogP contribution in [-0.4, -0.2) is 62.5 Å². The molecular weight excluding hydrogens is 368 g/mol. The number of amides is 1. The lowest BCUT2D eigenvalue weighted by Gasteiger charge is -2.39. The van der Waals surface area contributed by atoms with Gasteiger partial charge in [-0.2, -0.15) is 0 Å². The molecule has 1 aromatic heterocycles. The summed E-state index contributed by atoms with van der Waals surface area (Å²) >= 11 is 0. The zero-order chi connectivity index (χ0) is 19.6. The number of aromatic nitrogens is 1. The van der Waals surface area contributed by atoms with Crippen LogP contribution in [0, 0.1) is 13.8 Å². The summed E-state index contributed by atoms with van der Waals surface area (Å²) in [4.78, 5) is 16.5. The van der Waals surface area contributed by atoms with Crippen molar-refractivity contribution in [3.63, 3.8) is 0 Å². The van der Waals surface area contributed by atoms with Crippen LogP contribution < -0.4 is 4.72 Å². The maximum Gasteiger partial charge on any atom is 0.246 e. The summed E-state index contributed by atoms with van der Waals surface area (Å²) in [5.74, 6) is -0.0458. The lowest BCUT2D eigenvalue weighted by molar-refractivity contribution is -0.132. The number of sulfonamides is 1. The number of carbonyl (C=O) groups excluding carboxylic acids is 1. The third-order valence-corrected chi connectivity index (χ3v) is 6.48.